The second-order valence-corrected chi connectivity index (χ2v) is 8.34. The fourth-order valence-corrected chi connectivity index (χ4v) is 3.92. The van der Waals surface area contributed by atoms with Crippen molar-refractivity contribution in [1.82, 2.24) is 4.90 Å². The highest BCUT2D eigenvalue weighted by molar-refractivity contribution is 7.90. The van der Waals surface area contributed by atoms with Crippen molar-refractivity contribution in [3.8, 4) is 5.75 Å². The number of hydrogen-bond donors (Lipinski definition) is 1. The topological polar surface area (TPSA) is 88.1 Å². The number of carbonyl (C=O) groups is 1. The van der Waals surface area contributed by atoms with Gasteiger partial charge in [0.05, 0.1) is 4.90 Å². The number of rotatable bonds is 6. The van der Waals surface area contributed by atoms with Gasteiger partial charge in [-0.15, -0.1) is 4.40 Å². The second-order valence-electron chi connectivity index (χ2n) is 6.74. The van der Waals surface area contributed by atoms with Gasteiger partial charge in [0, 0.05) is 25.7 Å². The number of carbonyl (C=O) groups excluding carboxylic acids is 1. The maximum Gasteiger partial charge on any atom is 0.283 e. The molecule has 0 unspecified atom stereocenters. The van der Waals surface area contributed by atoms with E-state index in [4.69, 9.17) is 4.74 Å². The van der Waals surface area contributed by atoms with Crippen molar-refractivity contribution in [3.63, 3.8) is 0 Å². The number of sulfonamides is 1. The van der Waals surface area contributed by atoms with E-state index in [9.17, 15) is 17.6 Å². The predicted molar refractivity (Wildman–Crippen MR) is 108 cm³/mol. The van der Waals surface area contributed by atoms with Crippen LogP contribution in [0.4, 0.5) is 10.1 Å². The molecule has 1 N–H and O–H groups in total. The van der Waals surface area contributed by atoms with Crippen LogP contribution in [0.5, 0.6) is 5.75 Å². The predicted octanol–water partition coefficient (Wildman–Crippen LogP) is 3.04. The molecule has 29 heavy (non-hydrogen) atoms. The quantitative estimate of drug-likeness (QED) is 0.778. The van der Waals surface area contributed by atoms with E-state index in [1.54, 1.807) is 6.92 Å². The van der Waals surface area contributed by atoms with E-state index in [0.717, 1.165) is 13.0 Å². The van der Waals surface area contributed by atoms with Crippen molar-refractivity contribution in [3.05, 3.63) is 54.3 Å². The lowest BCUT2D eigenvalue weighted by atomic mass is 10.3. The van der Waals surface area contributed by atoms with Crippen molar-refractivity contribution >= 4 is 27.5 Å². The number of amidine groups is 1. The lowest BCUT2D eigenvalue weighted by molar-refractivity contribution is -0.122. The summed E-state index contributed by atoms with van der Waals surface area (Å²) in [5.74, 6) is 0.104. The van der Waals surface area contributed by atoms with Crippen molar-refractivity contribution in [2.24, 2.45) is 4.40 Å². The summed E-state index contributed by atoms with van der Waals surface area (Å²) in [4.78, 5) is 14.2. The van der Waals surface area contributed by atoms with Crippen LogP contribution in [0.2, 0.25) is 0 Å². The summed E-state index contributed by atoms with van der Waals surface area (Å²) in [7, 11) is -1.99. The van der Waals surface area contributed by atoms with Crippen LogP contribution in [0.3, 0.4) is 0 Å². The molecule has 0 bridgehead atoms. The number of likely N-dealkylation sites (tertiary alicyclic amines) is 1. The second kappa shape index (κ2) is 8.60. The van der Waals surface area contributed by atoms with Crippen LogP contribution in [0.1, 0.15) is 19.8 Å². The highest BCUT2D eigenvalue weighted by Crippen LogP contribution is 2.20. The Morgan fingerprint density at radius 2 is 1.83 bits per heavy atom. The summed E-state index contributed by atoms with van der Waals surface area (Å²) >= 11 is 0. The summed E-state index contributed by atoms with van der Waals surface area (Å²) in [5, 5.41) is 2.66. The number of ether oxygens (including phenoxy) is 1. The highest BCUT2D eigenvalue weighted by Gasteiger charge is 2.20. The number of nitrogens with one attached hydrogen (secondary N) is 1. The Hall–Kier alpha value is -2.94. The minimum Gasteiger partial charge on any atom is -0.481 e. The Bertz CT molecular complexity index is 1010. The molecule has 0 aromatic heterocycles. The summed E-state index contributed by atoms with van der Waals surface area (Å²) < 4.78 is 47.2. The molecule has 1 amide bonds. The van der Waals surface area contributed by atoms with Gasteiger partial charge in [-0.05, 0) is 61.9 Å². The average molecular weight is 419 g/mol. The molecule has 0 spiro atoms. The number of anilines is 1. The van der Waals surface area contributed by atoms with E-state index in [1.165, 1.54) is 48.5 Å². The van der Waals surface area contributed by atoms with Gasteiger partial charge in [0.2, 0.25) is 0 Å². The number of hydrogen-bond acceptors (Lipinski definition) is 4. The Labute approximate surface area is 169 Å². The lowest BCUT2D eigenvalue weighted by Crippen LogP contribution is -2.30. The van der Waals surface area contributed by atoms with Gasteiger partial charge in [-0.25, -0.2) is 4.39 Å². The molecular formula is C20H22FN3O4S. The van der Waals surface area contributed by atoms with Crippen molar-refractivity contribution in [1.29, 1.82) is 0 Å². The largest absolute Gasteiger partial charge is 0.481 e. The maximum absolute atomic E-state index is 12.9. The lowest BCUT2D eigenvalue weighted by Gasteiger charge is -2.15. The summed E-state index contributed by atoms with van der Waals surface area (Å²) in [5.41, 5.74) is 0.425. The fourth-order valence-electron chi connectivity index (χ4n) is 2.83. The first-order valence-electron chi connectivity index (χ1n) is 9.13. The van der Waals surface area contributed by atoms with Crippen molar-refractivity contribution < 1.29 is 22.3 Å². The van der Waals surface area contributed by atoms with Gasteiger partial charge >= 0.3 is 0 Å². The van der Waals surface area contributed by atoms with Gasteiger partial charge in [-0.1, -0.05) is 0 Å². The molecule has 0 radical (unpaired) electrons. The van der Waals surface area contributed by atoms with Crippen LogP contribution in [-0.2, 0) is 14.8 Å². The molecule has 0 aliphatic carbocycles. The molecule has 1 atom stereocenters. The van der Waals surface area contributed by atoms with E-state index in [-0.39, 0.29) is 4.90 Å². The maximum atomic E-state index is 12.9. The zero-order valence-electron chi connectivity index (χ0n) is 16.1. The zero-order chi connectivity index (χ0) is 21.0. The van der Waals surface area contributed by atoms with Crippen LogP contribution in [0.15, 0.2) is 57.8 Å². The molecular weight excluding hydrogens is 397 g/mol. The summed E-state index contributed by atoms with van der Waals surface area (Å²) in [6.45, 7) is 2.35. The molecule has 2 aromatic carbocycles. The van der Waals surface area contributed by atoms with E-state index in [0.29, 0.717) is 23.7 Å². The third-order valence-corrected chi connectivity index (χ3v) is 5.79. The number of halogens is 1. The van der Waals surface area contributed by atoms with Gasteiger partial charge in [-0.2, -0.15) is 8.42 Å². The molecule has 9 heteroatoms. The van der Waals surface area contributed by atoms with Gasteiger partial charge in [-0.3, -0.25) is 4.79 Å². The number of amides is 1. The normalized spacial score (nSPS) is 16.7. The zero-order valence-corrected chi connectivity index (χ0v) is 16.9. The van der Waals surface area contributed by atoms with Gasteiger partial charge in [0.25, 0.3) is 15.9 Å². The molecule has 0 saturated carbocycles. The number of nitrogens with zero attached hydrogens (tertiary/aromatic N) is 2. The molecule has 1 saturated heterocycles. The van der Waals surface area contributed by atoms with Gasteiger partial charge < -0.3 is 15.0 Å². The molecule has 1 heterocycles. The first-order valence-corrected chi connectivity index (χ1v) is 10.6. The standard InChI is InChI=1S/C20H22FN3O4S/c1-14(28-17-9-5-15(21)6-10-17)20(25)22-16-7-11-18(12-8-16)29(26,27)23-19-4-3-13-24(19)2/h5-12,14H,3-4,13H2,1-2H3,(H,22,25)/t14-/m0/s1. The molecule has 3 rings (SSSR count). The van der Waals surface area contributed by atoms with Crippen LogP contribution in [0.25, 0.3) is 0 Å². The summed E-state index contributed by atoms with van der Waals surface area (Å²) in [6.07, 6.45) is 0.692. The molecule has 1 fully saturated rings. The van der Waals surface area contributed by atoms with E-state index in [2.05, 4.69) is 9.71 Å². The van der Waals surface area contributed by atoms with Crippen molar-refractivity contribution in [2.75, 3.05) is 18.9 Å². The van der Waals surface area contributed by atoms with E-state index >= 15 is 0 Å². The van der Waals surface area contributed by atoms with Crippen LogP contribution >= 0.6 is 0 Å². The SMILES string of the molecule is C[C@H](Oc1ccc(F)cc1)C(=O)Nc1ccc(S(=O)(=O)N=C2CCCN2C)cc1. The highest BCUT2D eigenvalue weighted by atomic mass is 32.2. The van der Waals surface area contributed by atoms with E-state index in [1.807, 2.05) is 11.9 Å². The van der Waals surface area contributed by atoms with Crippen LogP contribution < -0.4 is 10.1 Å². The van der Waals surface area contributed by atoms with Gasteiger partial charge in [0.15, 0.2) is 6.10 Å². The third kappa shape index (κ3) is 5.32. The minimum absolute atomic E-state index is 0.0545. The molecule has 1 aliphatic heterocycles. The van der Waals surface area contributed by atoms with E-state index < -0.39 is 27.9 Å². The smallest absolute Gasteiger partial charge is 0.283 e. The first kappa shape index (κ1) is 20.8. The molecule has 1 aliphatic rings. The molecule has 2 aromatic rings. The Balaban J connectivity index is 1.63. The van der Waals surface area contributed by atoms with Crippen LogP contribution in [-0.4, -0.2) is 44.8 Å². The molecule has 7 nitrogen and oxygen atoms in total. The van der Waals surface area contributed by atoms with Gasteiger partial charge in [0.1, 0.15) is 17.4 Å². The Morgan fingerprint density at radius 1 is 1.17 bits per heavy atom. The Kier molecular flexibility index (Phi) is 6.17. The minimum atomic E-state index is -3.80. The first-order chi connectivity index (χ1) is 13.7. The average Bonchev–Trinajstić information content (AvgIpc) is 3.08. The third-order valence-electron chi connectivity index (χ3n) is 4.48. The van der Waals surface area contributed by atoms with Crippen molar-refractivity contribution in [2.45, 2.75) is 30.8 Å². The Morgan fingerprint density at radius 3 is 2.41 bits per heavy atom. The van der Waals surface area contributed by atoms with Crippen LogP contribution in [0, 0.1) is 5.82 Å². The fraction of sp³-hybridized carbons (Fsp3) is 0.300. The number of benzene rings is 2. The summed E-state index contributed by atoms with van der Waals surface area (Å²) in [6, 6.07) is 11.1. The monoisotopic (exact) mass is 419 g/mol. The molecule has 154 valence electrons.